The summed E-state index contributed by atoms with van der Waals surface area (Å²) in [6.45, 7) is 10.4. The van der Waals surface area contributed by atoms with Gasteiger partial charge in [-0.15, -0.1) is 0 Å². The first-order chi connectivity index (χ1) is 55.7. The van der Waals surface area contributed by atoms with Crippen LogP contribution in [-0.2, 0) is 28.7 Å². The molecule has 3 fully saturated rings. The van der Waals surface area contributed by atoms with Gasteiger partial charge in [0, 0.05) is 82.5 Å². The van der Waals surface area contributed by atoms with E-state index in [2.05, 4.69) is 29.1 Å². The number of carboxylic acid groups (broad SMARTS) is 1. The number of nitro benzene ring substituents is 2. The number of carbonyl (C=O) groups is 7. The number of ether oxygens (including phenoxy) is 2. The first kappa shape index (κ1) is 94.4. The minimum atomic E-state index is -0.968. The standard InChI is InChI=1S/C19H21NO3.C17H17NO3.C11H13BN2O.C11H7ClO.C10H6N2O4.C10H10N2.C8H15NO2.CH2BNO2.Li.H2O/c1-2-23-19(22)15-9-11-20(12-10-15)18(21)17-8-7-14-5-3-4-6-16(14)13-17;19-16(18-9-7-13(8-10-18)17(20)21)15-6-5-12-3-1-2-4-14(12)11-15;1-12(15)14-9-6-8-4-2-3-5-10(8)11(13)7-9;12-11(13)10-6-5-8-3-1-2-4-9(8)7-10;13-11(14)8-5-7-3-1-2-4-9(7)10(6-8)12(15)16;11-8-5-7-3-1-2-4-9(7)10(12)6-8;1-2-11-8(10)7-3-5-9-6-4-7;2-1(4)5-3;;/h3-8,13,15H,2,9-12H2,1H3;1-6,11,13H,7-10H2,(H,20,21);2-7,14-15H,13H2,1H3;1-7H;1-6H;1-6H,11-12H2;7,9H,2-6H2,1H3;3H2;;1H2/q;;;;;;;;+1;/p-1. The number of esters is 2. The quantitative estimate of drug-likeness (QED) is 0.0141. The average Bonchev–Trinajstić information content (AvgIpc) is 0.801. The number of nitrogens with two attached hydrogens (primary N) is 4. The second-order valence-electron chi connectivity index (χ2n) is 27.0. The number of rotatable bonds is 12. The number of benzene rings is 12. The van der Waals surface area contributed by atoms with Crippen LogP contribution in [0.25, 0.3) is 64.6 Å². The van der Waals surface area contributed by atoms with Crippen molar-refractivity contribution in [1.82, 2.24) is 15.1 Å². The molecule has 12 aromatic carbocycles. The van der Waals surface area contributed by atoms with Crippen molar-refractivity contribution in [2.75, 3.05) is 74.9 Å². The van der Waals surface area contributed by atoms with Gasteiger partial charge in [0.15, 0.2) is 0 Å². The number of hydrogen-bond donors (Lipinski definition) is 8. The Morgan fingerprint density at radius 3 is 1.27 bits per heavy atom. The zero-order valence-corrected chi connectivity index (χ0v) is 66.6. The van der Waals surface area contributed by atoms with E-state index >= 15 is 0 Å². The summed E-state index contributed by atoms with van der Waals surface area (Å²) < 4.78 is 9.98. The van der Waals surface area contributed by atoms with Crippen molar-refractivity contribution >= 4 is 166 Å². The van der Waals surface area contributed by atoms with Crippen LogP contribution >= 0.6 is 11.6 Å². The summed E-state index contributed by atoms with van der Waals surface area (Å²) in [5, 5.41) is 56.9. The molecule has 13 N–H and O–H groups in total. The largest absolute Gasteiger partial charge is 1.00 e. The number of nitrogens with zero attached hydrogens (tertiary/aromatic N) is 4. The van der Waals surface area contributed by atoms with Gasteiger partial charge in [0.2, 0.25) is 7.85 Å². The van der Waals surface area contributed by atoms with Gasteiger partial charge in [-0.3, -0.25) is 53.8 Å². The first-order valence-electron chi connectivity index (χ1n) is 37.5. The Morgan fingerprint density at radius 2 is 0.873 bits per heavy atom. The number of amides is 2. The summed E-state index contributed by atoms with van der Waals surface area (Å²) in [6.07, 6.45) is 4.29. The van der Waals surface area contributed by atoms with E-state index in [1.807, 2.05) is 201 Å². The topological polar surface area (TPSA) is 439 Å². The summed E-state index contributed by atoms with van der Waals surface area (Å²) in [5.41, 5.74) is 21.7. The second kappa shape index (κ2) is 47.5. The van der Waals surface area contributed by atoms with E-state index in [1.165, 1.54) is 6.07 Å². The summed E-state index contributed by atoms with van der Waals surface area (Å²) >= 11 is 5.36. The molecule has 606 valence electrons. The van der Waals surface area contributed by atoms with Gasteiger partial charge in [-0.25, -0.2) is 0 Å². The SMILES string of the molecule is CB(O)Nc1cc(N)c2ccccc2c1.CCOC(=O)C1CCN(C(=O)c2ccc3ccccc3c2)CC1.CCOC(=O)C1CCNCC1.Nc1cc(N)c2ccccc2c1.O=C(Cl)c1ccc2ccccc2c1.O=C(O)C1CCN(C(=O)c2ccc3ccccc3c2)CC1.O=[N+]([O-])c1cc([N+](=O)[O-])c2ccccc2c1.[B]C(=O)ON.[Li+].[OH-]. The molecule has 0 spiro atoms. The summed E-state index contributed by atoms with van der Waals surface area (Å²) in [7, 11) is 3.73. The average molecular weight is 1610 g/mol. The van der Waals surface area contributed by atoms with Crippen LogP contribution in [-0.4, -0.2) is 143 Å². The van der Waals surface area contributed by atoms with Gasteiger partial charge in [0.05, 0.1) is 52.3 Å². The van der Waals surface area contributed by atoms with Crippen molar-refractivity contribution in [3.8, 4) is 0 Å². The molecule has 12 aromatic rings. The number of anilines is 4. The number of nitrogen functional groups attached to an aromatic ring is 3. The number of carbonyl (C=O) groups excluding carboxylic acids is 6. The van der Waals surface area contributed by atoms with Crippen LogP contribution in [0.3, 0.4) is 0 Å². The van der Waals surface area contributed by atoms with E-state index in [0.717, 1.165) is 103 Å². The van der Waals surface area contributed by atoms with E-state index in [9.17, 15) is 58.8 Å². The van der Waals surface area contributed by atoms with Crippen molar-refractivity contribution in [3.05, 3.63) is 274 Å². The van der Waals surface area contributed by atoms with Crippen molar-refractivity contribution < 1.29 is 92.2 Å². The number of hydrogen-bond acceptors (Lipinski definition) is 22. The van der Waals surface area contributed by atoms with Crippen LogP contribution in [0.2, 0.25) is 6.82 Å². The third-order valence-corrected chi connectivity index (χ3v) is 19.2. The Morgan fingerprint density at radius 1 is 0.508 bits per heavy atom. The molecule has 0 aromatic heterocycles. The molecule has 31 heteroatoms. The zero-order valence-electron chi connectivity index (χ0n) is 65.8. The molecule has 3 saturated heterocycles. The normalized spacial score (nSPS) is 12.9. The van der Waals surface area contributed by atoms with Crippen molar-refractivity contribution in [2.45, 2.75) is 59.2 Å². The fourth-order valence-corrected chi connectivity index (χ4v) is 13.2. The van der Waals surface area contributed by atoms with Gasteiger partial charge >= 0.3 is 43.8 Å². The van der Waals surface area contributed by atoms with Crippen molar-refractivity contribution in [1.29, 1.82) is 0 Å². The van der Waals surface area contributed by atoms with Crippen molar-refractivity contribution in [3.63, 3.8) is 0 Å². The molecule has 0 unspecified atom stereocenters. The Bertz CT molecular complexity index is 5440. The third kappa shape index (κ3) is 28.2. The Hall–Kier alpha value is -12.5. The van der Waals surface area contributed by atoms with Crippen LogP contribution in [0.5, 0.6) is 0 Å². The van der Waals surface area contributed by atoms with Gasteiger partial charge < -0.3 is 67.5 Å². The molecule has 118 heavy (non-hydrogen) atoms. The predicted octanol–water partition coefficient (Wildman–Crippen LogP) is 12.4. The number of likely N-dealkylation sites (tertiary alicyclic amines) is 2. The second-order valence-corrected chi connectivity index (χ2v) is 27.4. The maximum Gasteiger partial charge on any atom is 1.00 e. The molecule has 0 bridgehead atoms. The molecule has 0 aliphatic carbocycles. The number of fused-ring (bicyclic) bond motifs is 6. The van der Waals surface area contributed by atoms with Crippen molar-refractivity contribution in [2.24, 2.45) is 23.7 Å². The molecule has 2 amide bonds. The molecule has 3 aliphatic rings. The van der Waals surface area contributed by atoms with Gasteiger partial charge in [0.25, 0.3) is 34.3 Å². The fraction of sp³-hybridized carbons (Fsp3) is 0.230. The van der Waals surface area contributed by atoms with E-state index in [-0.39, 0.29) is 77.2 Å². The number of halogens is 1. The molecule has 0 saturated carbocycles. The van der Waals surface area contributed by atoms with Crippen LogP contribution in [0.1, 0.15) is 83.4 Å². The first-order valence-corrected chi connectivity index (χ1v) is 37.9. The Labute approximate surface area is 700 Å². The maximum atomic E-state index is 12.7. The number of non-ortho nitro benzene ring substituents is 2. The van der Waals surface area contributed by atoms with E-state index < -0.39 is 34.0 Å². The maximum absolute atomic E-state index is 12.7. The molecular formula is C87H92B2ClLiN10O17. The predicted molar refractivity (Wildman–Crippen MR) is 460 cm³/mol. The number of nitrogens with one attached hydrogen (secondary N) is 2. The number of aliphatic carboxylic acids is 1. The zero-order chi connectivity index (χ0) is 83.8. The molecule has 3 heterocycles. The van der Waals surface area contributed by atoms with Crippen LogP contribution in [0.4, 0.5) is 38.9 Å². The van der Waals surface area contributed by atoms with Crippen LogP contribution < -0.4 is 52.5 Å². The third-order valence-electron chi connectivity index (χ3n) is 19.0. The number of nitro groups is 2. The smallest absolute Gasteiger partial charge is 0.870 e. The molecule has 3 aliphatic heterocycles. The number of carboxylic acids is 1. The van der Waals surface area contributed by atoms with Gasteiger partial charge in [0.1, 0.15) is 0 Å². The van der Waals surface area contributed by atoms with Gasteiger partial charge in [-0.2, -0.15) is 5.90 Å². The van der Waals surface area contributed by atoms with E-state index in [4.69, 9.17) is 43.4 Å². The molecule has 27 nitrogen and oxygen atoms in total. The summed E-state index contributed by atoms with van der Waals surface area (Å²) in [5.74, 6) is 2.11. The molecule has 15 rings (SSSR count). The molecule has 2 radical (unpaired) electrons. The van der Waals surface area contributed by atoms with Gasteiger partial charge in [-0.1, -0.05) is 158 Å². The summed E-state index contributed by atoms with van der Waals surface area (Å²) in [6, 6.07) is 72.9. The van der Waals surface area contributed by atoms with Crippen LogP contribution in [0.15, 0.2) is 237 Å². The fourth-order valence-electron chi connectivity index (χ4n) is 13.1. The van der Waals surface area contributed by atoms with E-state index in [0.29, 0.717) is 98.2 Å². The molecular weight excluding hydrogens is 1520 g/mol. The minimum Gasteiger partial charge on any atom is -0.870 e. The van der Waals surface area contributed by atoms with Gasteiger partial charge in [-0.05, 0) is 199 Å². The number of piperidine rings is 3. The minimum absolute atomic E-state index is 0. The molecule has 0 atom stereocenters. The van der Waals surface area contributed by atoms with E-state index in [1.54, 1.807) is 54.2 Å². The Balaban J connectivity index is 0.000000214. The summed E-state index contributed by atoms with van der Waals surface area (Å²) in [4.78, 5) is 106. The monoisotopic (exact) mass is 1610 g/mol. The Kier molecular flexibility index (Phi) is 38.0. The van der Waals surface area contributed by atoms with Crippen LogP contribution in [0, 0.1) is 38.0 Å².